The maximum Gasteiger partial charge on any atom is 0.176 e. The fourth-order valence-corrected chi connectivity index (χ4v) is 1.93. The van der Waals surface area contributed by atoms with E-state index in [2.05, 4.69) is 15.3 Å². The number of aromatic nitrogens is 3. The second-order valence-electron chi connectivity index (χ2n) is 4.51. The normalized spacial score (nSPS) is 10.8. The lowest BCUT2D eigenvalue weighted by atomic mass is 10.3. The number of halogens is 2. The van der Waals surface area contributed by atoms with Gasteiger partial charge in [-0.2, -0.15) is 0 Å². The molecule has 0 bridgehead atoms. The summed E-state index contributed by atoms with van der Waals surface area (Å²) in [5.41, 5.74) is 0. The van der Waals surface area contributed by atoms with E-state index in [1.165, 1.54) is 0 Å². The van der Waals surface area contributed by atoms with Gasteiger partial charge in [0.15, 0.2) is 23.3 Å². The van der Waals surface area contributed by atoms with Crippen molar-refractivity contribution < 1.29 is 8.78 Å². The lowest BCUT2D eigenvalue weighted by Gasteiger charge is -2.11. The zero-order valence-electron chi connectivity index (χ0n) is 11.7. The number of imidazole rings is 1. The van der Waals surface area contributed by atoms with E-state index in [1.54, 1.807) is 17.0 Å². The van der Waals surface area contributed by atoms with Gasteiger partial charge >= 0.3 is 0 Å². The third kappa shape index (κ3) is 2.95. The molecule has 2 rings (SSSR count). The van der Waals surface area contributed by atoms with E-state index in [1.807, 2.05) is 13.8 Å². The van der Waals surface area contributed by atoms with E-state index in [0.717, 1.165) is 18.9 Å². The maximum atomic E-state index is 14.0. The molecule has 0 aromatic carbocycles. The quantitative estimate of drug-likeness (QED) is 0.882. The molecule has 0 atom stereocenters. The molecular weight excluding hydrogens is 262 g/mol. The molecule has 2 aromatic rings. The van der Waals surface area contributed by atoms with Crippen molar-refractivity contribution in [3.63, 3.8) is 0 Å². The SMILES string of the molecule is CCCNc1nc(-n2ccnc2CCC)c(F)cc1F. The van der Waals surface area contributed by atoms with E-state index in [9.17, 15) is 8.78 Å². The molecule has 20 heavy (non-hydrogen) atoms. The van der Waals surface area contributed by atoms with Gasteiger partial charge in [-0.25, -0.2) is 18.7 Å². The number of hydrogen-bond acceptors (Lipinski definition) is 3. The fourth-order valence-electron chi connectivity index (χ4n) is 1.93. The molecule has 108 valence electrons. The smallest absolute Gasteiger partial charge is 0.176 e. The average molecular weight is 280 g/mol. The second-order valence-corrected chi connectivity index (χ2v) is 4.51. The van der Waals surface area contributed by atoms with Gasteiger partial charge < -0.3 is 5.32 Å². The Hall–Kier alpha value is -1.98. The summed E-state index contributed by atoms with van der Waals surface area (Å²) in [5.74, 6) is -0.519. The molecule has 4 nitrogen and oxygen atoms in total. The minimum Gasteiger partial charge on any atom is -0.368 e. The fraction of sp³-hybridized carbons (Fsp3) is 0.429. The summed E-state index contributed by atoms with van der Waals surface area (Å²) in [7, 11) is 0. The topological polar surface area (TPSA) is 42.7 Å². The Labute approximate surface area is 116 Å². The summed E-state index contributed by atoms with van der Waals surface area (Å²) in [4.78, 5) is 8.24. The van der Waals surface area contributed by atoms with Gasteiger partial charge in [-0.05, 0) is 12.8 Å². The minimum atomic E-state index is -0.695. The average Bonchev–Trinajstić information content (AvgIpc) is 2.86. The molecule has 2 aromatic heterocycles. The van der Waals surface area contributed by atoms with Crippen LogP contribution in [0.4, 0.5) is 14.6 Å². The lowest BCUT2D eigenvalue weighted by molar-refractivity contribution is 0.565. The Morgan fingerprint density at radius 2 is 2.00 bits per heavy atom. The molecule has 1 N–H and O–H groups in total. The molecule has 0 spiro atoms. The number of nitrogens with zero attached hydrogens (tertiary/aromatic N) is 3. The van der Waals surface area contributed by atoms with E-state index in [4.69, 9.17) is 0 Å². The molecule has 0 saturated heterocycles. The number of nitrogens with one attached hydrogen (secondary N) is 1. The van der Waals surface area contributed by atoms with Gasteiger partial charge in [-0.15, -0.1) is 0 Å². The number of anilines is 1. The van der Waals surface area contributed by atoms with Gasteiger partial charge in [0.1, 0.15) is 5.82 Å². The molecule has 0 aliphatic carbocycles. The van der Waals surface area contributed by atoms with Gasteiger partial charge in [0.25, 0.3) is 0 Å². The Kier molecular flexibility index (Phi) is 4.65. The molecule has 0 aliphatic rings. The maximum absolute atomic E-state index is 14.0. The van der Waals surface area contributed by atoms with Crippen molar-refractivity contribution in [1.82, 2.24) is 14.5 Å². The summed E-state index contributed by atoms with van der Waals surface area (Å²) in [6.45, 7) is 4.56. The molecule has 0 fully saturated rings. The Morgan fingerprint density at radius 1 is 1.20 bits per heavy atom. The molecule has 0 saturated carbocycles. The van der Waals surface area contributed by atoms with Crippen LogP contribution in [0.1, 0.15) is 32.5 Å². The largest absolute Gasteiger partial charge is 0.368 e. The van der Waals surface area contributed by atoms with Gasteiger partial charge in [0.05, 0.1) is 0 Å². The van der Waals surface area contributed by atoms with Crippen LogP contribution in [0.3, 0.4) is 0 Å². The molecule has 0 unspecified atom stereocenters. The summed E-state index contributed by atoms with van der Waals surface area (Å²) < 4.78 is 29.2. The van der Waals surface area contributed by atoms with Crippen LogP contribution in [-0.2, 0) is 6.42 Å². The lowest BCUT2D eigenvalue weighted by Crippen LogP contribution is -2.10. The monoisotopic (exact) mass is 280 g/mol. The van der Waals surface area contributed by atoms with E-state index in [-0.39, 0.29) is 11.6 Å². The van der Waals surface area contributed by atoms with Crippen molar-refractivity contribution in [2.24, 2.45) is 0 Å². The summed E-state index contributed by atoms with van der Waals surface area (Å²) in [6, 6.07) is 0.857. The zero-order chi connectivity index (χ0) is 14.5. The summed E-state index contributed by atoms with van der Waals surface area (Å²) >= 11 is 0. The standard InChI is InChI=1S/C14H18F2N4/c1-3-5-12-17-7-8-20(12)14-11(16)9-10(15)13(19-14)18-6-4-2/h7-9H,3-6H2,1-2H3,(H,18,19). The van der Waals surface area contributed by atoms with Gasteiger partial charge in [0, 0.05) is 31.4 Å². The molecule has 0 radical (unpaired) electrons. The predicted molar refractivity (Wildman–Crippen MR) is 74.1 cm³/mol. The predicted octanol–water partition coefficient (Wildman–Crippen LogP) is 3.32. The first-order valence-corrected chi connectivity index (χ1v) is 6.79. The van der Waals surface area contributed by atoms with Crippen LogP contribution in [0.15, 0.2) is 18.5 Å². The summed E-state index contributed by atoms with van der Waals surface area (Å²) in [6.07, 6.45) is 5.66. The highest BCUT2D eigenvalue weighted by Crippen LogP contribution is 2.20. The van der Waals surface area contributed by atoms with E-state index < -0.39 is 11.6 Å². The van der Waals surface area contributed by atoms with Gasteiger partial charge in [-0.1, -0.05) is 13.8 Å². The molecule has 0 aliphatic heterocycles. The van der Waals surface area contributed by atoms with E-state index >= 15 is 0 Å². The van der Waals surface area contributed by atoms with Gasteiger partial charge in [-0.3, -0.25) is 4.57 Å². The Morgan fingerprint density at radius 3 is 2.70 bits per heavy atom. The minimum absolute atomic E-state index is 0.0689. The molecule has 6 heteroatoms. The Balaban J connectivity index is 2.42. The van der Waals surface area contributed by atoms with Crippen LogP contribution < -0.4 is 5.32 Å². The van der Waals surface area contributed by atoms with Crippen molar-refractivity contribution in [3.8, 4) is 5.82 Å². The van der Waals surface area contributed by atoms with Crippen LogP contribution >= 0.6 is 0 Å². The highest BCUT2D eigenvalue weighted by atomic mass is 19.1. The van der Waals surface area contributed by atoms with Crippen molar-refractivity contribution >= 4 is 5.82 Å². The van der Waals surface area contributed by atoms with Crippen molar-refractivity contribution in [3.05, 3.63) is 35.9 Å². The van der Waals surface area contributed by atoms with Crippen molar-refractivity contribution in [2.45, 2.75) is 33.1 Å². The van der Waals surface area contributed by atoms with E-state index in [0.29, 0.717) is 18.8 Å². The van der Waals surface area contributed by atoms with Crippen LogP contribution in [0, 0.1) is 11.6 Å². The molecule has 2 heterocycles. The second kappa shape index (κ2) is 6.45. The number of pyridine rings is 1. The first kappa shape index (κ1) is 14.4. The third-order valence-electron chi connectivity index (χ3n) is 2.87. The highest BCUT2D eigenvalue weighted by Gasteiger charge is 2.15. The zero-order valence-corrected chi connectivity index (χ0v) is 11.7. The first-order valence-electron chi connectivity index (χ1n) is 6.79. The van der Waals surface area contributed by atoms with Crippen LogP contribution in [0.5, 0.6) is 0 Å². The van der Waals surface area contributed by atoms with Gasteiger partial charge in [0.2, 0.25) is 0 Å². The third-order valence-corrected chi connectivity index (χ3v) is 2.87. The first-order chi connectivity index (χ1) is 9.67. The molecular formula is C14H18F2N4. The van der Waals surface area contributed by atoms with Crippen LogP contribution in [0.2, 0.25) is 0 Å². The number of aryl methyl sites for hydroxylation is 1. The highest BCUT2D eigenvalue weighted by molar-refractivity contribution is 5.42. The Bertz CT molecular complexity index is 581. The van der Waals surface area contributed by atoms with Crippen LogP contribution in [-0.4, -0.2) is 21.1 Å². The van der Waals surface area contributed by atoms with Crippen molar-refractivity contribution in [2.75, 3.05) is 11.9 Å². The number of rotatable bonds is 6. The summed E-state index contributed by atoms with van der Waals surface area (Å²) in [5, 5.41) is 2.86. The number of hydrogen-bond donors (Lipinski definition) is 1. The van der Waals surface area contributed by atoms with Crippen LogP contribution in [0.25, 0.3) is 5.82 Å². The molecule has 0 amide bonds. The van der Waals surface area contributed by atoms with Crippen molar-refractivity contribution in [1.29, 1.82) is 0 Å².